The molecule has 1 aromatic heterocycles. The summed E-state index contributed by atoms with van der Waals surface area (Å²) in [5, 5.41) is 17.1. The van der Waals surface area contributed by atoms with Crippen LogP contribution in [0.5, 0.6) is 0 Å². The van der Waals surface area contributed by atoms with Crippen LogP contribution in [-0.2, 0) is 0 Å². The minimum Gasteiger partial charge on any atom is -0.384 e. The molecule has 2 aromatic carbocycles. The van der Waals surface area contributed by atoms with Gasteiger partial charge < -0.3 is 5.11 Å². The minimum absolute atomic E-state index is 0.545. The molecule has 1 heterocycles. The zero-order valence-electron chi connectivity index (χ0n) is 11.1. The first kappa shape index (κ1) is 12.4. The van der Waals surface area contributed by atoms with Gasteiger partial charge in [0.1, 0.15) is 6.10 Å². The Hall–Kier alpha value is -1.64. The zero-order valence-corrected chi connectivity index (χ0v) is 11.9. The normalized spacial score (nSPS) is 12.8. The third kappa shape index (κ3) is 2.07. The molecule has 3 aromatic rings. The molecule has 1 N–H and O–H groups in total. The van der Waals surface area contributed by atoms with Gasteiger partial charge in [-0.15, -0.1) is 0 Å². The average molecular weight is 268 g/mol. The molecular weight excluding hydrogens is 252 g/mol. The maximum absolute atomic E-state index is 10.7. The van der Waals surface area contributed by atoms with E-state index in [4.69, 9.17) is 0 Å². The van der Waals surface area contributed by atoms with Gasteiger partial charge in [-0.05, 0) is 57.6 Å². The molecule has 96 valence electrons. The van der Waals surface area contributed by atoms with Crippen LogP contribution in [0.4, 0.5) is 0 Å². The van der Waals surface area contributed by atoms with Gasteiger partial charge in [0.05, 0.1) is 0 Å². The fourth-order valence-electron chi connectivity index (χ4n) is 2.53. The van der Waals surface area contributed by atoms with Crippen LogP contribution in [0.15, 0.2) is 47.2 Å². The van der Waals surface area contributed by atoms with Crippen molar-refractivity contribution in [1.82, 2.24) is 0 Å². The van der Waals surface area contributed by atoms with Gasteiger partial charge in [-0.25, -0.2) is 0 Å². The Kier molecular flexibility index (Phi) is 3.13. The van der Waals surface area contributed by atoms with Crippen LogP contribution in [0.25, 0.3) is 10.8 Å². The monoisotopic (exact) mass is 268 g/mol. The van der Waals surface area contributed by atoms with Gasteiger partial charge >= 0.3 is 0 Å². The van der Waals surface area contributed by atoms with Gasteiger partial charge in [0.25, 0.3) is 0 Å². The number of rotatable bonds is 2. The molecule has 0 amide bonds. The Morgan fingerprint density at radius 3 is 2.26 bits per heavy atom. The quantitative estimate of drug-likeness (QED) is 0.720. The van der Waals surface area contributed by atoms with Crippen LogP contribution < -0.4 is 0 Å². The SMILES string of the molecule is Cc1cscc1C(O)c1ccc(C)c2ccccc12. The van der Waals surface area contributed by atoms with Crippen molar-refractivity contribution in [1.29, 1.82) is 0 Å². The van der Waals surface area contributed by atoms with E-state index in [-0.39, 0.29) is 0 Å². The fraction of sp³-hybridized carbons (Fsp3) is 0.176. The Morgan fingerprint density at radius 2 is 1.58 bits per heavy atom. The van der Waals surface area contributed by atoms with Crippen molar-refractivity contribution in [2.24, 2.45) is 0 Å². The van der Waals surface area contributed by atoms with E-state index >= 15 is 0 Å². The molecule has 0 spiro atoms. The summed E-state index contributed by atoms with van der Waals surface area (Å²) in [6.45, 7) is 4.15. The lowest BCUT2D eigenvalue weighted by molar-refractivity contribution is 0.221. The van der Waals surface area contributed by atoms with Crippen LogP contribution >= 0.6 is 11.3 Å². The largest absolute Gasteiger partial charge is 0.384 e. The molecule has 0 radical (unpaired) electrons. The Balaban J connectivity index is 2.21. The number of benzene rings is 2. The third-order valence-electron chi connectivity index (χ3n) is 3.66. The Morgan fingerprint density at radius 1 is 0.842 bits per heavy atom. The summed E-state index contributed by atoms with van der Waals surface area (Å²) >= 11 is 1.64. The molecule has 0 aliphatic rings. The summed E-state index contributed by atoms with van der Waals surface area (Å²) in [4.78, 5) is 0. The van der Waals surface area contributed by atoms with E-state index in [9.17, 15) is 5.11 Å². The summed E-state index contributed by atoms with van der Waals surface area (Å²) in [6.07, 6.45) is -0.545. The first-order valence-electron chi connectivity index (χ1n) is 6.37. The molecule has 2 heteroatoms. The van der Waals surface area contributed by atoms with Gasteiger partial charge in [0.15, 0.2) is 0 Å². The van der Waals surface area contributed by atoms with Gasteiger partial charge in [-0.1, -0.05) is 36.4 Å². The predicted octanol–water partition coefficient (Wildman–Crippen LogP) is 4.60. The standard InChI is InChI=1S/C17H16OS/c1-11-7-8-15(14-6-4-3-5-13(11)14)17(18)16-10-19-9-12(16)2/h3-10,17-18H,1-2H3. The Labute approximate surface area is 117 Å². The first-order chi connectivity index (χ1) is 9.18. The number of thiophene rings is 1. The lowest BCUT2D eigenvalue weighted by Gasteiger charge is -2.15. The van der Waals surface area contributed by atoms with Gasteiger partial charge in [0, 0.05) is 0 Å². The molecule has 1 nitrogen and oxygen atoms in total. The van der Waals surface area contributed by atoms with Crippen molar-refractivity contribution in [3.05, 3.63) is 69.4 Å². The number of aliphatic hydroxyl groups excluding tert-OH is 1. The van der Waals surface area contributed by atoms with E-state index < -0.39 is 6.10 Å². The summed E-state index contributed by atoms with van der Waals surface area (Å²) < 4.78 is 0. The van der Waals surface area contributed by atoms with Crippen LogP contribution in [0.1, 0.15) is 28.4 Å². The molecule has 1 atom stereocenters. The van der Waals surface area contributed by atoms with E-state index in [1.54, 1.807) is 11.3 Å². The smallest absolute Gasteiger partial charge is 0.106 e. The van der Waals surface area contributed by atoms with Crippen molar-refractivity contribution in [2.45, 2.75) is 20.0 Å². The van der Waals surface area contributed by atoms with Crippen molar-refractivity contribution >= 4 is 22.1 Å². The highest BCUT2D eigenvalue weighted by molar-refractivity contribution is 7.08. The molecular formula is C17H16OS. The van der Waals surface area contributed by atoms with Crippen LogP contribution in [0.3, 0.4) is 0 Å². The predicted molar refractivity (Wildman–Crippen MR) is 81.8 cm³/mol. The van der Waals surface area contributed by atoms with E-state index in [0.717, 1.165) is 22.1 Å². The molecule has 1 unspecified atom stereocenters. The lowest BCUT2D eigenvalue weighted by Crippen LogP contribution is -2.01. The van der Waals surface area contributed by atoms with Crippen molar-refractivity contribution in [2.75, 3.05) is 0 Å². The van der Waals surface area contributed by atoms with Gasteiger partial charge in [-0.2, -0.15) is 11.3 Å². The topological polar surface area (TPSA) is 20.2 Å². The minimum atomic E-state index is -0.545. The molecule has 19 heavy (non-hydrogen) atoms. The highest BCUT2D eigenvalue weighted by atomic mass is 32.1. The second kappa shape index (κ2) is 4.80. The molecule has 0 aliphatic heterocycles. The van der Waals surface area contributed by atoms with Crippen molar-refractivity contribution in [3.63, 3.8) is 0 Å². The highest BCUT2D eigenvalue weighted by Crippen LogP contribution is 2.33. The van der Waals surface area contributed by atoms with Crippen molar-refractivity contribution in [3.8, 4) is 0 Å². The zero-order chi connectivity index (χ0) is 13.4. The van der Waals surface area contributed by atoms with E-state index in [1.165, 1.54) is 10.9 Å². The highest BCUT2D eigenvalue weighted by Gasteiger charge is 2.16. The van der Waals surface area contributed by atoms with Crippen LogP contribution in [-0.4, -0.2) is 5.11 Å². The molecule has 0 aliphatic carbocycles. The number of aliphatic hydroxyl groups is 1. The van der Waals surface area contributed by atoms with E-state index in [0.29, 0.717) is 0 Å². The molecule has 0 bridgehead atoms. The lowest BCUT2D eigenvalue weighted by atomic mass is 9.94. The summed E-state index contributed by atoms with van der Waals surface area (Å²) in [7, 11) is 0. The number of fused-ring (bicyclic) bond motifs is 1. The summed E-state index contributed by atoms with van der Waals surface area (Å²) in [5.41, 5.74) is 4.40. The molecule has 0 saturated carbocycles. The van der Waals surface area contributed by atoms with E-state index in [2.05, 4.69) is 30.5 Å². The molecule has 0 fully saturated rings. The Bertz CT molecular complexity index is 727. The second-order valence-corrected chi connectivity index (χ2v) is 5.67. The summed E-state index contributed by atoms with van der Waals surface area (Å²) in [5.74, 6) is 0. The number of hydrogen-bond donors (Lipinski definition) is 1. The average Bonchev–Trinajstić information content (AvgIpc) is 2.85. The molecule has 0 saturated heterocycles. The van der Waals surface area contributed by atoms with Crippen LogP contribution in [0, 0.1) is 13.8 Å². The number of aryl methyl sites for hydroxylation is 2. The van der Waals surface area contributed by atoms with Gasteiger partial charge in [0.2, 0.25) is 0 Å². The van der Waals surface area contributed by atoms with Crippen LogP contribution in [0.2, 0.25) is 0 Å². The second-order valence-electron chi connectivity index (χ2n) is 4.93. The summed E-state index contributed by atoms with van der Waals surface area (Å²) in [6, 6.07) is 12.4. The fourth-order valence-corrected chi connectivity index (χ4v) is 3.40. The third-order valence-corrected chi connectivity index (χ3v) is 4.54. The van der Waals surface area contributed by atoms with Gasteiger partial charge in [-0.3, -0.25) is 0 Å². The maximum Gasteiger partial charge on any atom is 0.106 e. The first-order valence-corrected chi connectivity index (χ1v) is 7.32. The van der Waals surface area contributed by atoms with Crippen molar-refractivity contribution < 1.29 is 5.11 Å². The maximum atomic E-state index is 10.7. The number of hydrogen-bond acceptors (Lipinski definition) is 2. The molecule has 3 rings (SSSR count). The van der Waals surface area contributed by atoms with E-state index in [1.807, 2.05) is 30.5 Å².